The van der Waals surface area contributed by atoms with Crippen molar-refractivity contribution in [2.24, 2.45) is 0 Å². The van der Waals surface area contributed by atoms with E-state index in [4.69, 9.17) is 9.84 Å². The number of urea groups is 1. The van der Waals surface area contributed by atoms with Crippen molar-refractivity contribution < 1.29 is 19.4 Å². The molecule has 1 aliphatic heterocycles. The van der Waals surface area contributed by atoms with E-state index in [0.29, 0.717) is 38.4 Å². The number of carbonyl (C=O) groups is 2. The monoisotopic (exact) mass is 474 g/mol. The van der Waals surface area contributed by atoms with E-state index in [-0.39, 0.29) is 11.8 Å². The van der Waals surface area contributed by atoms with Gasteiger partial charge in [-0.05, 0) is 35.4 Å². The Kier molecular flexibility index (Phi) is 7.74. The van der Waals surface area contributed by atoms with E-state index in [1.165, 1.54) is 0 Å². The summed E-state index contributed by atoms with van der Waals surface area (Å²) in [6, 6.07) is 18.7. The van der Waals surface area contributed by atoms with E-state index in [2.05, 4.69) is 4.98 Å². The summed E-state index contributed by atoms with van der Waals surface area (Å²) in [6.45, 7) is 1.91. The highest BCUT2D eigenvalue weighted by Gasteiger charge is 2.25. The van der Waals surface area contributed by atoms with Gasteiger partial charge < -0.3 is 19.6 Å². The fourth-order valence-corrected chi connectivity index (χ4v) is 3.94. The number of hydrogen-bond acceptors (Lipinski definition) is 6. The first kappa shape index (κ1) is 24.4. The number of rotatable bonds is 7. The molecule has 4 rings (SSSR count). The van der Waals surface area contributed by atoms with Crippen LogP contribution in [0.3, 0.4) is 0 Å². The largest absolute Gasteiger partial charge is 0.388 e. The molecule has 2 aromatic carbocycles. The van der Waals surface area contributed by atoms with Crippen LogP contribution in [0.1, 0.15) is 15.9 Å². The average molecular weight is 475 g/mol. The Balaban J connectivity index is 1.64. The van der Waals surface area contributed by atoms with Gasteiger partial charge in [0.2, 0.25) is 0 Å². The molecule has 8 heteroatoms. The lowest BCUT2D eigenvalue weighted by Gasteiger charge is -2.33. The summed E-state index contributed by atoms with van der Waals surface area (Å²) in [5, 5.41) is 9.11. The fraction of sp³-hybridized carbons (Fsp3) is 0.296. The highest BCUT2D eigenvalue weighted by Crippen LogP contribution is 2.27. The third-order valence-corrected chi connectivity index (χ3v) is 5.97. The number of ether oxygens (including phenoxy) is 1. The van der Waals surface area contributed by atoms with Gasteiger partial charge in [0.25, 0.3) is 0 Å². The molecule has 2 amide bonds. The van der Waals surface area contributed by atoms with Gasteiger partial charge in [0.05, 0.1) is 19.8 Å². The number of carbonyl (C=O) groups excluding carboxylic acids is 2. The predicted octanol–water partition coefficient (Wildman–Crippen LogP) is 3.45. The summed E-state index contributed by atoms with van der Waals surface area (Å²) in [5.74, 6) is 0.538. The number of pyridine rings is 1. The second-order valence-corrected chi connectivity index (χ2v) is 8.60. The molecule has 0 spiro atoms. The Morgan fingerprint density at radius 3 is 2.37 bits per heavy atom. The number of aliphatic hydroxyl groups excluding tert-OH is 1. The third-order valence-electron chi connectivity index (χ3n) is 5.97. The van der Waals surface area contributed by atoms with Crippen molar-refractivity contribution in [2.45, 2.75) is 6.54 Å². The molecule has 0 bridgehead atoms. The molecule has 0 unspecified atom stereocenters. The molecule has 182 valence electrons. The summed E-state index contributed by atoms with van der Waals surface area (Å²) < 4.78 is 5.43. The molecule has 1 aliphatic rings. The van der Waals surface area contributed by atoms with Gasteiger partial charge in [-0.1, -0.05) is 36.4 Å². The molecule has 0 atom stereocenters. The Morgan fingerprint density at radius 2 is 1.74 bits per heavy atom. The van der Waals surface area contributed by atoms with E-state index in [1.807, 2.05) is 73.7 Å². The zero-order valence-electron chi connectivity index (χ0n) is 20.1. The average Bonchev–Trinajstić information content (AvgIpc) is 2.92. The van der Waals surface area contributed by atoms with Crippen LogP contribution in [0.15, 0.2) is 66.9 Å². The minimum atomic E-state index is -0.530. The van der Waals surface area contributed by atoms with Crippen molar-refractivity contribution in [2.75, 3.05) is 56.8 Å². The number of amides is 2. The van der Waals surface area contributed by atoms with Crippen LogP contribution in [0.5, 0.6) is 0 Å². The first-order valence-corrected chi connectivity index (χ1v) is 11.6. The first-order valence-electron chi connectivity index (χ1n) is 11.6. The minimum absolute atomic E-state index is 0.0953. The van der Waals surface area contributed by atoms with Crippen molar-refractivity contribution in [1.29, 1.82) is 0 Å². The van der Waals surface area contributed by atoms with Gasteiger partial charge in [0, 0.05) is 50.2 Å². The van der Waals surface area contributed by atoms with Crippen LogP contribution in [0, 0.1) is 0 Å². The Bertz CT molecular complexity index is 1160. The van der Waals surface area contributed by atoms with E-state index >= 15 is 0 Å². The third kappa shape index (κ3) is 5.85. The number of hydrogen-bond donors (Lipinski definition) is 1. The fourth-order valence-electron chi connectivity index (χ4n) is 3.94. The van der Waals surface area contributed by atoms with Crippen molar-refractivity contribution in [1.82, 2.24) is 9.88 Å². The smallest absolute Gasteiger partial charge is 0.324 e. The predicted molar refractivity (Wildman–Crippen MR) is 136 cm³/mol. The lowest BCUT2D eigenvalue weighted by atomic mass is 10.1. The number of benzene rings is 2. The van der Waals surface area contributed by atoms with E-state index in [1.54, 1.807) is 21.9 Å². The molecule has 1 saturated heterocycles. The van der Waals surface area contributed by atoms with Gasteiger partial charge in [0.1, 0.15) is 12.4 Å². The molecule has 1 aromatic heterocycles. The van der Waals surface area contributed by atoms with Crippen LogP contribution >= 0.6 is 0 Å². The molecule has 0 aliphatic carbocycles. The van der Waals surface area contributed by atoms with Gasteiger partial charge in [-0.15, -0.1) is 0 Å². The number of nitrogens with zero attached hydrogens (tertiary/aromatic N) is 4. The normalized spacial score (nSPS) is 13.4. The molecular weight excluding hydrogens is 444 g/mol. The van der Waals surface area contributed by atoms with Gasteiger partial charge >= 0.3 is 6.03 Å². The maximum Gasteiger partial charge on any atom is 0.324 e. The molecule has 0 radical (unpaired) electrons. The Labute approximate surface area is 205 Å². The number of Topliss-reactive ketones (excluding diaryl/α,β-unsaturated/α-hetero) is 1. The van der Waals surface area contributed by atoms with Crippen molar-refractivity contribution in [3.63, 3.8) is 0 Å². The standard InChI is InChI=1S/C27H30N4O4/c1-29(2)26-11-10-23(17-28-26)22-4-3-5-24(16-22)31(27(34)30-12-14-35-15-13-30)18-20-6-8-21(9-7-20)25(33)19-32/h3-11,16-17,32H,12-15,18-19H2,1-2H3. The highest BCUT2D eigenvalue weighted by molar-refractivity contribution is 5.97. The molecule has 2 heterocycles. The molecule has 8 nitrogen and oxygen atoms in total. The van der Waals surface area contributed by atoms with Crippen molar-refractivity contribution in [3.05, 3.63) is 78.0 Å². The molecule has 3 aromatic rings. The maximum absolute atomic E-state index is 13.6. The van der Waals surface area contributed by atoms with Crippen molar-refractivity contribution >= 4 is 23.3 Å². The number of morpholine rings is 1. The minimum Gasteiger partial charge on any atom is -0.388 e. The summed E-state index contributed by atoms with van der Waals surface area (Å²) in [6.07, 6.45) is 1.83. The number of ketones is 1. The van der Waals surface area contributed by atoms with Crippen LogP contribution in [0.2, 0.25) is 0 Å². The molecular formula is C27H30N4O4. The lowest BCUT2D eigenvalue weighted by molar-refractivity contribution is 0.0548. The van der Waals surface area contributed by atoms with E-state index in [9.17, 15) is 9.59 Å². The van der Waals surface area contributed by atoms with E-state index < -0.39 is 6.61 Å². The van der Waals surface area contributed by atoms with Crippen molar-refractivity contribution in [3.8, 4) is 11.1 Å². The summed E-state index contributed by atoms with van der Waals surface area (Å²) >= 11 is 0. The molecule has 0 saturated carbocycles. The zero-order valence-corrected chi connectivity index (χ0v) is 20.1. The van der Waals surface area contributed by atoms with E-state index in [0.717, 1.165) is 28.2 Å². The second kappa shape index (κ2) is 11.1. The molecule has 1 fully saturated rings. The quantitative estimate of drug-likeness (QED) is 0.528. The highest BCUT2D eigenvalue weighted by atomic mass is 16.5. The van der Waals surface area contributed by atoms with Crippen LogP contribution in [-0.2, 0) is 11.3 Å². The summed E-state index contributed by atoms with van der Waals surface area (Å²) in [5.41, 5.74) is 4.01. The number of aromatic nitrogens is 1. The zero-order chi connectivity index (χ0) is 24.8. The second-order valence-electron chi connectivity index (χ2n) is 8.60. The van der Waals surface area contributed by atoms with Gasteiger partial charge in [0.15, 0.2) is 5.78 Å². The number of aliphatic hydroxyl groups is 1. The van der Waals surface area contributed by atoms with Gasteiger partial charge in [-0.2, -0.15) is 0 Å². The Hall–Kier alpha value is -3.75. The number of anilines is 2. The summed E-state index contributed by atoms with van der Waals surface area (Å²) in [4.78, 5) is 35.4. The summed E-state index contributed by atoms with van der Waals surface area (Å²) in [7, 11) is 3.90. The molecule has 35 heavy (non-hydrogen) atoms. The molecule has 1 N–H and O–H groups in total. The lowest BCUT2D eigenvalue weighted by Crippen LogP contribution is -2.48. The van der Waals surface area contributed by atoms with Gasteiger partial charge in [-0.25, -0.2) is 9.78 Å². The Morgan fingerprint density at radius 1 is 1.00 bits per heavy atom. The van der Waals surface area contributed by atoms with Crippen LogP contribution in [0.4, 0.5) is 16.3 Å². The first-order chi connectivity index (χ1) is 17.0. The SMILES string of the molecule is CN(C)c1ccc(-c2cccc(N(Cc3ccc(C(=O)CO)cc3)C(=O)N3CCOCC3)c2)cn1. The van der Waals surface area contributed by atoms with Crippen LogP contribution in [0.25, 0.3) is 11.1 Å². The van der Waals surface area contributed by atoms with Crippen LogP contribution < -0.4 is 9.80 Å². The van der Waals surface area contributed by atoms with Gasteiger partial charge in [-0.3, -0.25) is 9.69 Å². The topological polar surface area (TPSA) is 86.2 Å². The van der Waals surface area contributed by atoms with Crippen LogP contribution in [-0.4, -0.2) is 73.8 Å². The maximum atomic E-state index is 13.6.